The number of nitrogens with two attached hydrogens (primary N) is 1. The molecule has 3 N–H and O–H groups in total. The molecule has 2 amide bonds. The molecule has 1 atom stereocenters. The zero-order valence-corrected chi connectivity index (χ0v) is 19.2. The summed E-state index contributed by atoms with van der Waals surface area (Å²) in [6.07, 6.45) is 1.26. The van der Waals surface area contributed by atoms with E-state index in [0.29, 0.717) is 35.4 Å². The summed E-state index contributed by atoms with van der Waals surface area (Å²) < 4.78 is 7.20. The number of nitrogens with zero attached hydrogens (tertiary/aromatic N) is 3. The molecule has 0 bridgehead atoms. The van der Waals surface area contributed by atoms with E-state index in [1.807, 2.05) is 49.6 Å². The highest BCUT2D eigenvalue weighted by atomic mass is 35.5. The maximum atomic E-state index is 12.2. The molecule has 0 aliphatic carbocycles. The van der Waals surface area contributed by atoms with Gasteiger partial charge in [-0.3, -0.25) is 4.79 Å². The smallest absolute Gasteiger partial charge is 0.407 e. The Morgan fingerprint density at radius 3 is 2.68 bits per heavy atom. The summed E-state index contributed by atoms with van der Waals surface area (Å²) in [5, 5.41) is 3.55. The molecule has 31 heavy (non-hydrogen) atoms. The standard InChI is InChI=1S/C22H30ClN5O3/c1-14-18(19(24)29)28(12-15-8-5-6-10-17(15)23)20(25-14)27-11-7-9-16(13-27)26-21(30)31-22(2,3)4/h5-6,8,10,16H,7,9,11-13H2,1-4H3,(H2,24,29)(H,26,30). The summed E-state index contributed by atoms with van der Waals surface area (Å²) in [4.78, 5) is 31.1. The second kappa shape index (κ2) is 9.18. The second-order valence-corrected chi connectivity index (χ2v) is 9.23. The second-order valence-electron chi connectivity index (χ2n) is 8.82. The third-order valence-corrected chi connectivity index (χ3v) is 5.44. The topological polar surface area (TPSA) is 102 Å². The first kappa shape index (κ1) is 22.9. The molecular formula is C22H30ClN5O3. The van der Waals surface area contributed by atoms with E-state index >= 15 is 0 Å². The highest BCUT2D eigenvalue weighted by molar-refractivity contribution is 6.31. The normalized spacial score (nSPS) is 16.8. The lowest BCUT2D eigenvalue weighted by atomic mass is 10.1. The quantitative estimate of drug-likeness (QED) is 0.730. The van der Waals surface area contributed by atoms with Crippen LogP contribution in [0.2, 0.25) is 5.02 Å². The number of carbonyl (C=O) groups is 2. The number of nitrogens with one attached hydrogen (secondary N) is 1. The summed E-state index contributed by atoms with van der Waals surface area (Å²) in [6, 6.07) is 7.39. The predicted molar refractivity (Wildman–Crippen MR) is 121 cm³/mol. The Hall–Kier alpha value is -2.74. The van der Waals surface area contributed by atoms with Gasteiger partial charge < -0.3 is 25.3 Å². The largest absolute Gasteiger partial charge is 0.444 e. The third-order valence-electron chi connectivity index (χ3n) is 5.07. The SMILES string of the molecule is Cc1nc(N2CCCC(NC(=O)OC(C)(C)C)C2)n(Cc2ccccc2Cl)c1C(N)=O. The maximum Gasteiger partial charge on any atom is 0.407 e. The Balaban J connectivity index is 1.86. The van der Waals surface area contributed by atoms with E-state index in [9.17, 15) is 9.59 Å². The molecule has 2 heterocycles. The third kappa shape index (κ3) is 5.70. The Labute approximate surface area is 187 Å². The van der Waals surface area contributed by atoms with Gasteiger partial charge in [0, 0.05) is 24.2 Å². The predicted octanol–water partition coefficient (Wildman–Crippen LogP) is 3.49. The summed E-state index contributed by atoms with van der Waals surface area (Å²) >= 11 is 6.36. The minimum absolute atomic E-state index is 0.0913. The fourth-order valence-electron chi connectivity index (χ4n) is 3.81. The number of rotatable bonds is 5. The van der Waals surface area contributed by atoms with Crippen LogP contribution in [0.15, 0.2) is 24.3 Å². The Kier molecular flexibility index (Phi) is 6.79. The van der Waals surface area contributed by atoms with Crippen molar-refractivity contribution in [2.45, 2.75) is 58.7 Å². The minimum atomic E-state index is -0.558. The average Bonchev–Trinajstić information content (AvgIpc) is 2.98. The molecule has 1 saturated heterocycles. The van der Waals surface area contributed by atoms with Gasteiger partial charge in [0.05, 0.1) is 12.2 Å². The van der Waals surface area contributed by atoms with Gasteiger partial charge in [0.25, 0.3) is 5.91 Å². The molecule has 9 heteroatoms. The van der Waals surface area contributed by atoms with Gasteiger partial charge >= 0.3 is 6.09 Å². The minimum Gasteiger partial charge on any atom is -0.444 e. The van der Waals surface area contributed by atoms with Crippen LogP contribution in [-0.4, -0.2) is 46.3 Å². The van der Waals surface area contributed by atoms with E-state index in [4.69, 9.17) is 22.1 Å². The summed E-state index contributed by atoms with van der Waals surface area (Å²) in [5.74, 6) is 0.102. The van der Waals surface area contributed by atoms with Crippen molar-refractivity contribution in [3.8, 4) is 0 Å². The van der Waals surface area contributed by atoms with Gasteiger partial charge in [0.2, 0.25) is 5.95 Å². The number of carbonyl (C=O) groups excluding carboxylic acids is 2. The number of piperidine rings is 1. The summed E-state index contributed by atoms with van der Waals surface area (Å²) in [6.45, 7) is 8.94. The number of ether oxygens (including phenoxy) is 1. The van der Waals surface area contributed by atoms with Crippen LogP contribution in [0.4, 0.5) is 10.7 Å². The van der Waals surface area contributed by atoms with Gasteiger partial charge in [-0.15, -0.1) is 0 Å². The van der Waals surface area contributed by atoms with Crippen LogP contribution >= 0.6 is 11.6 Å². The van der Waals surface area contributed by atoms with Crippen LogP contribution in [0.1, 0.15) is 55.4 Å². The molecule has 1 unspecified atom stereocenters. The Morgan fingerprint density at radius 1 is 1.32 bits per heavy atom. The number of benzene rings is 1. The number of amides is 2. The maximum absolute atomic E-state index is 12.2. The van der Waals surface area contributed by atoms with Crippen molar-refractivity contribution in [3.05, 3.63) is 46.2 Å². The highest BCUT2D eigenvalue weighted by Crippen LogP contribution is 2.26. The lowest BCUT2D eigenvalue weighted by molar-refractivity contribution is 0.0499. The van der Waals surface area contributed by atoms with E-state index in [1.54, 1.807) is 6.92 Å². The first-order valence-electron chi connectivity index (χ1n) is 10.4. The number of aromatic nitrogens is 2. The van der Waals surface area contributed by atoms with Crippen molar-refractivity contribution in [1.29, 1.82) is 0 Å². The number of alkyl carbamates (subject to hydrolysis) is 1. The first-order chi connectivity index (χ1) is 14.5. The lowest BCUT2D eigenvalue weighted by Crippen LogP contribution is -2.49. The Bertz CT molecular complexity index is 967. The lowest BCUT2D eigenvalue weighted by Gasteiger charge is -2.34. The number of hydrogen-bond acceptors (Lipinski definition) is 5. The van der Waals surface area contributed by atoms with Crippen molar-refractivity contribution < 1.29 is 14.3 Å². The van der Waals surface area contributed by atoms with E-state index in [1.165, 1.54) is 0 Å². The van der Waals surface area contributed by atoms with Crippen LogP contribution in [0.25, 0.3) is 0 Å². The molecule has 1 aliphatic rings. The number of aryl methyl sites for hydroxylation is 1. The van der Waals surface area contributed by atoms with Crippen LogP contribution < -0.4 is 16.0 Å². The molecule has 0 spiro atoms. The number of hydrogen-bond donors (Lipinski definition) is 2. The average molecular weight is 448 g/mol. The number of imidazole rings is 1. The van der Waals surface area contributed by atoms with Crippen LogP contribution in [0.5, 0.6) is 0 Å². The number of halogens is 1. The molecule has 8 nitrogen and oxygen atoms in total. The first-order valence-corrected chi connectivity index (χ1v) is 10.8. The molecule has 1 aliphatic heterocycles. The molecule has 0 saturated carbocycles. The van der Waals surface area contributed by atoms with Crippen LogP contribution in [0, 0.1) is 6.92 Å². The van der Waals surface area contributed by atoms with Gasteiger partial charge in [-0.2, -0.15) is 0 Å². The van der Waals surface area contributed by atoms with E-state index in [0.717, 1.165) is 24.9 Å². The van der Waals surface area contributed by atoms with Gasteiger partial charge in [-0.05, 0) is 52.2 Å². The van der Waals surface area contributed by atoms with Gasteiger partial charge in [0.15, 0.2) is 0 Å². The van der Waals surface area contributed by atoms with Crippen LogP contribution in [0.3, 0.4) is 0 Å². The van der Waals surface area contributed by atoms with Gasteiger partial charge in [-0.25, -0.2) is 9.78 Å². The molecule has 1 aromatic carbocycles. The van der Waals surface area contributed by atoms with E-state index in [-0.39, 0.29) is 6.04 Å². The molecule has 2 aromatic rings. The van der Waals surface area contributed by atoms with Gasteiger partial charge in [-0.1, -0.05) is 29.8 Å². The van der Waals surface area contributed by atoms with Crippen LogP contribution in [-0.2, 0) is 11.3 Å². The fourth-order valence-corrected chi connectivity index (χ4v) is 4.00. The van der Waals surface area contributed by atoms with Crippen molar-refractivity contribution in [2.75, 3.05) is 18.0 Å². The number of primary amides is 1. The molecule has 168 valence electrons. The van der Waals surface area contributed by atoms with Crippen molar-refractivity contribution in [2.24, 2.45) is 5.73 Å². The molecule has 3 rings (SSSR count). The zero-order valence-electron chi connectivity index (χ0n) is 18.4. The summed E-state index contributed by atoms with van der Waals surface area (Å²) in [5.41, 5.74) is 6.91. The highest BCUT2D eigenvalue weighted by Gasteiger charge is 2.29. The summed E-state index contributed by atoms with van der Waals surface area (Å²) in [7, 11) is 0. The molecule has 1 fully saturated rings. The molecule has 0 radical (unpaired) electrons. The van der Waals surface area contributed by atoms with Crippen molar-refractivity contribution in [3.63, 3.8) is 0 Å². The zero-order chi connectivity index (χ0) is 22.8. The van der Waals surface area contributed by atoms with E-state index in [2.05, 4.69) is 15.2 Å². The molecular weight excluding hydrogens is 418 g/mol. The van der Waals surface area contributed by atoms with Crippen molar-refractivity contribution in [1.82, 2.24) is 14.9 Å². The Morgan fingerprint density at radius 2 is 2.03 bits per heavy atom. The van der Waals surface area contributed by atoms with E-state index < -0.39 is 17.6 Å². The van der Waals surface area contributed by atoms with Gasteiger partial charge in [0.1, 0.15) is 11.3 Å². The number of anilines is 1. The monoisotopic (exact) mass is 447 g/mol. The fraction of sp³-hybridized carbons (Fsp3) is 0.500. The molecule has 1 aromatic heterocycles. The van der Waals surface area contributed by atoms with Crippen molar-refractivity contribution >= 4 is 29.5 Å².